The fraction of sp³-hybridized carbons (Fsp3) is 0.556. The summed E-state index contributed by atoms with van der Waals surface area (Å²) in [5, 5.41) is 9.09. The summed E-state index contributed by atoms with van der Waals surface area (Å²) in [6, 6.07) is 0. The Kier molecular flexibility index (Phi) is 4.71. The molecule has 0 saturated carbocycles. The maximum atomic E-state index is 11.3. The number of hydrogen-bond acceptors (Lipinski definition) is 3. The zero-order valence-corrected chi connectivity index (χ0v) is 8.12. The van der Waals surface area contributed by atoms with E-state index in [9.17, 15) is 4.79 Å². The zero-order chi connectivity index (χ0) is 10.2. The Morgan fingerprint density at radius 3 is 3.00 bits per heavy atom. The van der Waals surface area contributed by atoms with Crippen molar-refractivity contribution in [2.24, 2.45) is 5.73 Å². The smallest absolute Gasteiger partial charge is 0.224 e. The fourth-order valence-corrected chi connectivity index (χ4v) is 1.15. The van der Waals surface area contributed by atoms with Crippen molar-refractivity contribution in [2.75, 3.05) is 11.9 Å². The molecule has 0 fully saturated rings. The number of carbonyl (C=O) groups excluding carboxylic acids is 1. The topological polar surface area (TPSA) is 83.8 Å². The first kappa shape index (κ1) is 10.7. The van der Waals surface area contributed by atoms with Gasteiger partial charge in [-0.3, -0.25) is 9.89 Å². The Morgan fingerprint density at radius 2 is 2.36 bits per heavy atom. The van der Waals surface area contributed by atoms with E-state index in [-0.39, 0.29) is 5.91 Å². The van der Waals surface area contributed by atoms with Crippen LogP contribution in [-0.4, -0.2) is 22.6 Å². The molecule has 0 bridgehead atoms. The second-order valence-corrected chi connectivity index (χ2v) is 3.13. The predicted octanol–water partition coefficient (Wildman–Crippen LogP) is 0.867. The Labute approximate surface area is 83.1 Å². The van der Waals surface area contributed by atoms with E-state index in [4.69, 9.17) is 5.73 Å². The molecule has 78 valence electrons. The van der Waals surface area contributed by atoms with E-state index in [1.807, 2.05) is 0 Å². The average Bonchev–Trinajstić information content (AvgIpc) is 2.65. The molecule has 1 aromatic rings. The van der Waals surface area contributed by atoms with Crippen LogP contribution in [0.1, 0.15) is 25.7 Å². The molecule has 0 saturated heterocycles. The van der Waals surface area contributed by atoms with Gasteiger partial charge in [0.2, 0.25) is 5.91 Å². The summed E-state index contributed by atoms with van der Waals surface area (Å²) >= 11 is 0. The first-order chi connectivity index (χ1) is 6.83. The molecule has 5 nitrogen and oxygen atoms in total. The Morgan fingerprint density at radius 1 is 1.50 bits per heavy atom. The molecule has 0 spiro atoms. The lowest BCUT2D eigenvalue weighted by atomic mass is 10.2. The molecule has 0 unspecified atom stereocenters. The number of rotatable bonds is 6. The van der Waals surface area contributed by atoms with Gasteiger partial charge >= 0.3 is 0 Å². The second kappa shape index (κ2) is 6.15. The molecule has 0 atom stereocenters. The second-order valence-electron chi connectivity index (χ2n) is 3.13. The Balaban J connectivity index is 2.11. The van der Waals surface area contributed by atoms with Crippen LogP contribution in [0.15, 0.2) is 12.4 Å². The molecule has 0 aliphatic heterocycles. The van der Waals surface area contributed by atoms with Crippen LogP contribution in [0.3, 0.4) is 0 Å². The molecular formula is C9H16N4O. The lowest BCUT2D eigenvalue weighted by Gasteiger charge is -2.01. The molecular weight excluding hydrogens is 180 g/mol. The summed E-state index contributed by atoms with van der Waals surface area (Å²) in [6.07, 6.45) is 6.66. The first-order valence-electron chi connectivity index (χ1n) is 4.81. The Bertz CT molecular complexity index is 258. The van der Waals surface area contributed by atoms with Gasteiger partial charge in [0.15, 0.2) is 0 Å². The summed E-state index contributed by atoms with van der Waals surface area (Å²) in [6.45, 7) is 0.698. The van der Waals surface area contributed by atoms with Crippen LogP contribution in [0.25, 0.3) is 0 Å². The first-order valence-corrected chi connectivity index (χ1v) is 4.81. The Hall–Kier alpha value is -1.36. The van der Waals surface area contributed by atoms with E-state index in [0.29, 0.717) is 18.7 Å². The molecule has 1 heterocycles. The van der Waals surface area contributed by atoms with E-state index < -0.39 is 0 Å². The molecule has 1 rings (SSSR count). The molecule has 5 heteroatoms. The highest BCUT2D eigenvalue weighted by molar-refractivity contribution is 5.90. The van der Waals surface area contributed by atoms with Gasteiger partial charge in [-0.2, -0.15) is 5.10 Å². The van der Waals surface area contributed by atoms with E-state index in [1.54, 1.807) is 12.4 Å². The van der Waals surface area contributed by atoms with Gasteiger partial charge in [-0.25, -0.2) is 0 Å². The third kappa shape index (κ3) is 4.04. The largest absolute Gasteiger partial charge is 0.330 e. The van der Waals surface area contributed by atoms with Gasteiger partial charge in [-0.1, -0.05) is 6.42 Å². The highest BCUT2D eigenvalue weighted by Crippen LogP contribution is 2.04. The number of carbonyl (C=O) groups is 1. The third-order valence-electron chi connectivity index (χ3n) is 1.89. The van der Waals surface area contributed by atoms with Crippen molar-refractivity contribution in [2.45, 2.75) is 25.7 Å². The number of H-pyrrole nitrogens is 1. The maximum Gasteiger partial charge on any atom is 0.224 e. The van der Waals surface area contributed by atoms with E-state index >= 15 is 0 Å². The molecule has 1 aromatic heterocycles. The number of hydrogen-bond donors (Lipinski definition) is 3. The van der Waals surface area contributed by atoms with Crippen molar-refractivity contribution in [3.05, 3.63) is 12.4 Å². The number of nitrogens with one attached hydrogen (secondary N) is 2. The normalized spacial score (nSPS) is 10.1. The van der Waals surface area contributed by atoms with Crippen molar-refractivity contribution in [1.82, 2.24) is 10.2 Å². The van der Waals surface area contributed by atoms with Gasteiger partial charge < -0.3 is 11.1 Å². The van der Waals surface area contributed by atoms with E-state index in [1.165, 1.54) is 0 Å². The number of nitrogens with zero attached hydrogens (tertiary/aromatic N) is 1. The van der Waals surface area contributed by atoms with Crippen molar-refractivity contribution in [1.29, 1.82) is 0 Å². The van der Waals surface area contributed by atoms with Gasteiger partial charge in [0.05, 0.1) is 11.9 Å². The molecule has 4 N–H and O–H groups in total. The van der Waals surface area contributed by atoms with Gasteiger partial charge in [-0.15, -0.1) is 0 Å². The lowest BCUT2D eigenvalue weighted by molar-refractivity contribution is -0.116. The quantitative estimate of drug-likeness (QED) is 0.590. The van der Waals surface area contributed by atoms with Crippen molar-refractivity contribution < 1.29 is 4.79 Å². The SMILES string of the molecule is NCCCCCC(=O)Nc1cn[nH]c1. The minimum absolute atomic E-state index is 0.0309. The summed E-state index contributed by atoms with van der Waals surface area (Å²) in [4.78, 5) is 11.3. The monoisotopic (exact) mass is 196 g/mol. The van der Waals surface area contributed by atoms with Crippen LogP contribution < -0.4 is 11.1 Å². The van der Waals surface area contributed by atoms with Crippen LogP contribution in [0.5, 0.6) is 0 Å². The van der Waals surface area contributed by atoms with Gasteiger partial charge in [0.1, 0.15) is 0 Å². The predicted molar refractivity (Wildman–Crippen MR) is 54.7 cm³/mol. The van der Waals surface area contributed by atoms with Crippen LogP contribution in [-0.2, 0) is 4.79 Å². The molecule has 0 aromatic carbocycles. The number of unbranched alkanes of at least 4 members (excludes halogenated alkanes) is 2. The number of aromatic nitrogens is 2. The summed E-state index contributed by atoms with van der Waals surface area (Å²) in [5.41, 5.74) is 6.06. The van der Waals surface area contributed by atoms with Gasteiger partial charge in [-0.05, 0) is 19.4 Å². The van der Waals surface area contributed by atoms with Crippen LogP contribution in [0.4, 0.5) is 5.69 Å². The van der Waals surface area contributed by atoms with Crippen LogP contribution in [0.2, 0.25) is 0 Å². The van der Waals surface area contributed by atoms with E-state index in [2.05, 4.69) is 15.5 Å². The molecule has 0 radical (unpaired) electrons. The highest BCUT2D eigenvalue weighted by Gasteiger charge is 2.01. The molecule has 1 amide bonds. The summed E-state index contributed by atoms with van der Waals surface area (Å²) in [7, 11) is 0. The standard InChI is InChI=1S/C9H16N4O/c10-5-3-1-2-4-9(14)13-8-6-11-12-7-8/h6-7H,1-5,10H2,(H,11,12)(H,13,14). The number of anilines is 1. The van der Waals surface area contributed by atoms with E-state index in [0.717, 1.165) is 19.3 Å². The summed E-state index contributed by atoms with van der Waals surface area (Å²) in [5.74, 6) is 0.0309. The van der Waals surface area contributed by atoms with Gasteiger partial charge in [0, 0.05) is 12.6 Å². The zero-order valence-electron chi connectivity index (χ0n) is 8.12. The minimum atomic E-state index is 0.0309. The van der Waals surface area contributed by atoms with Crippen LogP contribution in [0, 0.1) is 0 Å². The van der Waals surface area contributed by atoms with Crippen molar-refractivity contribution in [3.8, 4) is 0 Å². The van der Waals surface area contributed by atoms with Gasteiger partial charge in [0.25, 0.3) is 0 Å². The number of aromatic amines is 1. The van der Waals surface area contributed by atoms with Crippen LogP contribution >= 0.6 is 0 Å². The molecule has 0 aliphatic carbocycles. The highest BCUT2D eigenvalue weighted by atomic mass is 16.1. The fourth-order valence-electron chi connectivity index (χ4n) is 1.15. The van der Waals surface area contributed by atoms with Crippen molar-refractivity contribution in [3.63, 3.8) is 0 Å². The average molecular weight is 196 g/mol. The number of nitrogens with two attached hydrogens (primary N) is 1. The summed E-state index contributed by atoms with van der Waals surface area (Å²) < 4.78 is 0. The number of amides is 1. The lowest BCUT2D eigenvalue weighted by Crippen LogP contribution is -2.10. The van der Waals surface area contributed by atoms with Crippen molar-refractivity contribution >= 4 is 11.6 Å². The molecule has 0 aliphatic rings. The minimum Gasteiger partial charge on any atom is -0.330 e. The maximum absolute atomic E-state index is 11.3. The third-order valence-corrected chi connectivity index (χ3v) is 1.89. The molecule has 14 heavy (non-hydrogen) atoms.